The van der Waals surface area contributed by atoms with E-state index in [0.717, 1.165) is 45.1 Å². The van der Waals surface area contributed by atoms with E-state index in [9.17, 15) is 5.11 Å². The van der Waals surface area contributed by atoms with Gasteiger partial charge in [0.05, 0.1) is 24.9 Å². The monoisotopic (exact) mass is 209 g/mol. The number of nitriles is 1. The molecule has 15 heavy (non-hydrogen) atoms. The first-order valence-electron chi connectivity index (χ1n) is 5.91. The Morgan fingerprint density at radius 1 is 1.27 bits per heavy atom. The highest BCUT2D eigenvalue weighted by atomic mass is 16.5. The van der Waals surface area contributed by atoms with E-state index >= 15 is 0 Å². The largest absolute Gasteiger partial charge is 0.393 e. The van der Waals surface area contributed by atoms with Crippen molar-refractivity contribution in [1.29, 1.82) is 5.26 Å². The number of hydrogen-bond donors (Lipinski definition) is 1. The van der Waals surface area contributed by atoms with Gasteiger partial charge in [0.15, 0.2) is 0 Å². The third kappa shape index (κ3) is 2.93. The molecule has 3 nitrogen and oxygen atoms in total. The molecule has 0 heterocycles. The van der Waals surface area contributed by atoms with Crippen LogP contribution in [0.15, 0.2) is 0 Å². The summed E-state index contributed by atoms with van der Waals surface area (Å²) in [5, 5.41) is 18.0. The van der Waals surface area contributed by atoms with Gasteiger partial charge in [0.25, 0.3) is 0 Å². The van der Waals surface area contributed by atoms with Gasteiger partial charge in [-0.15, -0.1) is 0 Å². The van der Waals surface area contributed by atoms with Gasteiger partial charge in [-0.1, -0.05) is 0 Å². The fraction of sp³-hybridized carbons (Fsp3) is 0.917. The zero-order valence-corrected chi connectivity index (χ0v) is 9.11. The molecule has 84 valence electrons. The van der Waals surface area contributed by atoms with E-state index in [1.54, 1.807) is 0 Å². The Labute approximate surface area is 91.0 Å². The molecule has 0 radical (unpaired) electrons. The van der Waals surface area contributed by atoms with Crippen molar-refractivity contribution in [2.45, 2.75) is 57.2 Å². The average molecular weight is 209 g/mol. The number of aliphatic hydroxyl groups is 1. The fourth-order valence-electron chi connectivity index (χ4n) is 2.22. The third-order valence-corrected chi connectivity index (χ3v) is 3.68. The third-order valence-electron chi connectivity index (χ3n) is 3.68. The molecular formula is C12H19NO2. The lowest BCUT2D eigenvalue weighted by Crippen LogP contribution is -2.26. The molecule has 0 spiro atoms. The van der Waals surface area contributed by atoms with Crippen molar-refractivity contribution in [3.63, 3.8) is 0 Å². The van der Waals surface area contributed by atoms with E-state index in [1.807, 2.05) is 0 Å². The maximum Gasteiger partial charge on any atom is 0.0628 e. The first-order chi connectivity index (χ1) is 7.24. The minimum atomic E-state index is -0.112. The molecule has 2 aliphatic rings. The Hall–Kier alpha value is -0.590. The SMILES string of the molecule is N#CCC1(COC2CCC(O)CC2)CC1. The Kier molecular flexibility index (Phi) is 3.28. The molecule has 0 aromatic rings. The van der Waals surface area contributed by atoms with E-state index < -0.39 is 0 Å². The number of rotatable bonds is 4. The van der Waals surface area contributed by atoms with E-state index in [-0.39, 0.29) is 11.5 Å². The summed E-state index contributed by atoms with van der Waals surface area (Å²) in [6.45, 7) is 0.751. The molecule has 3 heteroatoms. The summed E-state index contributed by atoms with van der Waals surface area (Å²) in [4.78, 5) is 0. The van der Waals surface area contributed by atoms with Crippen molar-refractivity contribution in [1.82, 2.24) is 0 Å². The number of aliphatic hydroxyl groups excluding tert-OH is 1. The van der Waals surface area contributed by atoms with Gasteiger partial charge >= 0.3 is 0 Å². The maximum atomic E-state index is 9.35. The highest BCUT2D eigenvalue weighted by molar-refractivity contribution is 4.99. The first-order valence-corrected chi connectivity index (χ1v) is 5.91. The molecular weight excluding hydrogens is 190 g/mol. The molecule has 0 bridgehead atoms. The molecule has 2 fully saturated rings. The van der Waals surface area contributed by atoms with Crippen LogP contribution in [0.1, 0.15) is 44.9 Å². The maximum absolute atomic E-state index is 9.35. The first kappa shape index (κ1) is 10.9. The van der Waals surface area contributed by atoms with Crippen LogP contribution in [-0.4, -0.2) is 23.9 Å². The molecule has 0 amide bonds. The molecule has 0 aliphatic heterocycles. The van der Waals surface area contributed by atoms with Crippen molar-refractivity contribution in [2.24, 2.45) is 5.41 Å². The van der Waals surface area contributed by atoms with Gasteiger partial charge in [-0.05, 0) is 38.5 Å². The zero-order chi connectivity index (χ0) is 10.7. The van der Waals surface area contributed by atoms with Crippen LogP contribution in [0.5, 0.6) is 0 Å². The Morgan fingerprint density at radius 2 is 1.93 bits per heavy atom. The fourth-order valence-corrected chi connectivity index (χ4v) is 2.22. The normalized spacial score (nSPS) is 33.3. The molecule has 0 aromatic carbocycles. The van der Waals surface area contributed by atoms with Crippen molar-refractivity contribution < 1.29 is 9.84 Å². The average Bonchev–Trinajstić information content (AvgIpc) is 2.99. The van der Waals surface area contributed by atoms with Gasteiger partial charge in [-0.2, -0.15) is 5.26 Å². The highest BCUT2D eigenvalue weighted by Gasteiger charge is 2.43. The highest BCUT2D eigenvalue weighted by Crippen LogP contribution is 2.49. The minimum Gasteiger partial charge on any atom is -0.393 e. The van der Waals surface area contributed by atoms with E-state index in [4.69, 9.17) is 10.00 Å². The summed E-state index contributed by atoms with van der Waals surface area (Å²) in [5.41, 5.74) is 0.199. The Morgan fingerprint density at radius 3 is 2.47 bits per heavy atom. The molecule has 1 N–H and O–H groups in total. The van der Waals surface area contributed by atoms with Crippen LogP contribution in [0.4, 0.5) is 0 Å². The van der Waals surface area contributed by atoms with Gasteiger partial charge in [0, 0.05) is 11.8 Å². The molecule has 0 atom stereocenters. The van der Waals surface area contributed by atoms with Crippen molar-refractivity contribution in [3.05, 3.63) is 0 Å². The van der Waals surface area contributed by atoms with Crippen LogP contribution >= 0.6 is 0 Å². The standard InChI is InChI=1S/C12H19NO2/c13-8-7-12(5-6-12)9-15-11-3-1-10(14)2-4-11/h10-11,14H,1-7,9H2. The number of ether oxygens (including phenoxy) is 1. The predicted octanol–water partition coefficient (Wildman–Crippen LogP) is 2.00. The second kappa shape index (κ2) is 4.51. The van der Waals surface area contributed by atoms with Gasteiger partial charge < -0.3 is 9.84 Å². The second-order valence-corrected chi connectivity index (χ2v) is 5.08. The zero-order valence-electron chi connectivity index (χ0n) is 9.11. The summed E-state index contributed by atoms with van der Waals surface area (Å²) >= 11 is 0. The quantitative estimate of drug-likeness (QED) is 0.770. The lowest BCUT2D eigenvalue weighted by Gasteiger charge is -2.27. The Balaban J connectivity index is 1.68. The van der Waals surface area contributed by atoms with Crippen molar-refractivity contribution in [3.8, 4) is 6.07 Å². The van der Waals surface area contributed by atoms with E-state index in [1.165, 1.54) is 0 Å². The molecule has 2 rings (SSSR count). The van der Waals surface area contributed by atoms with Crippen LogP contribution < -0.4 is 0 Å². The van der Waals surface area contributed by atoms with E-state index in [0.29, 0.717) is 12.5 Å². The molecule has 2 saturated carbocycles. The molecule has 0 unspecified atom stereocenters. The van der Waals surface area contributed by atoms with Crippen LogP contribution in [-0.2, 0) is 4.74 Å². The van der Waals surface area contributed by atoms with Gasteiger partial charge in [-0.25, -0.2) is 0 Å². The van der Waals surface area contributed by atoms with Crippen LogP contribution in [0.25, 0.3) is 0 Å². The second-order valence-electron chi connectivity index (χ2n) is 5.08. The van der Waals surface area contributed by atoms with Crippen LogP contribution in [0, 0.1) is 16.7 Å². The lowest BCUT2D eigenvalue weighted by molar-refractivity contribution is -0.0212. The molecule has 0 aromatic heterocycles. The summed E-state index contributed by atoms with van der Waals surface area (Å²) < 4.78 is 5.85. The number of nitrogens with zero attached hydrogens (tertiary/aromatic N) is 1. The summed E-state index contributed by atoms with van der Waals surface area (Å²) in [6.07, 6.45) is 6.84. The van der Waals surface area contributed by atoms with Crippen LogP contribution in [0.2, 0.25) is 0 Å². The number of hydrogen-bond acceptors (Lipinski definition) is 3. The molecule has 2 aliphatic carbocycles. The summed E-state index contributed by atoms with van der Waals surface area (Å²) in [7, 11) is 0. The summed E-state index contributed by atoms with van der Waals surface area (Å²) in [6, 6.07) is 2.25. The van der Waals surface area contributed by atoms with E-state index in [2.05, 4.69) is 6.07 Å². The smallest absolute Gasteiger partial charge is 0.0628 e. The van der Waals surface area contributed by atoms with Gasteiger partial charge in [-0.3, -0.25) is 0 Å². The van der Waals surface area contributed by atoms with Crippen molar-refractivity contribution in [2.75, 3.05) is 6.61 Å². The van der Waals surface area contributed by atoms with Gasteiger partial charge in [0.1, 0.15) is 0 Å². The van der Waals surface area contributed by atoms with Gasteiger partial charge in [0.2, 0.25) is 0 Å². The predicted molar refractivity (Wildman–Crippen MR) is 56.1 cm³/mol. The Bertz CT molecular complexity index is 247. The van der Waals surface area contributed by atoms with Crippen molar-refractivity contribution >= 4 is 0 Å². The minimum absolute atomic E-state index is 0.112. The van der Waals surface area contributed by atoms with Crippen LogP contribution in [0.3, 0.4) is 0 Å². The molecule has 0 saturated heterocycles. The lowest BCUT2D eigenvalue weighted by atomic mass is 9.95. The topological polar surface area (TPSA) is 53.2 Å². The summed E-state index contributed by atoms with van der Waals surface area (Å²) in [5.74, 6) is 0.